The Morgan fingerprint density at radius 2 is 2.16 bits per heavy atom. The molecule has 1 unspecified atom stereocenters. The van der Waals surface area contributed by atoms with E-state index in [-0.39, 0.29) is 6.04 Å². The summed E-state index contributed by atoms with van der Waals surface area (Å²) in [7, 11) is 3.60. The lowest BCUT2D eigenvalue weighted by molar-refractivity contribution is 0.416. The number of nitrogens with zero attached hydrogens (tertiary/aromatic N) is 1. The molecule has 0 radical (unpaired) electrons. The minimum Gasteiger partial charge on any atom is -0.496 e. The monoisotopic (exact) mass is 296 g/mol. The Morgan fingerprint density at radius 3 is 2.79 bits per heavy atom. The predicted molar refractivity (Wildman–Crippen MR) is 81.3 cm³/mol. The third-order valence-corrected chi connectivity index (χ3v) is 4.39. The van der Waals surface area contributed by atoms with E-state index in [1.807, 2.05) is 32.2 Å². The predicted octanol–water partition coefficient (Wildman–Crippen LogP) is 4.06. The fourth-order valence-corrected chi connectivity index (χ4v) is 3.10. The Bertz CT molecular complexity index is 583. The molecule has 0 saturated carbocycles. The normalized spacial score (nSPS) is 12.5. The van der Waals surface area contributed by atoms with Crippen LogP contribution in [0.4, 0.5) is 0 Å². The minimum absolute atomic E-state index is 0.241. The number of benzene rings is 1. The van der Waals surface area contributed by atoms with E-state index in [4.69, 9.17) is 16.3 Å². The average molecular weight is 297 g/mol. The molecular weight excluding hydrogens is 280 g/mol. The van der Waals surface area contributed by atoms with Crippen LogP contribution in [0.5, 0.6) is 5.75 Å². The lowest BCUT2D eigenvalue weighted by Gasteiger charge is -2.12. The molecular formula is C14H17ClN2OS. The number of rotatable bonds is 4. The lowest BCUT2D eigenvalue weighted by atomic mass is 10.1. The van der Waals surface area contributed by atoms with Crippen LogP contribution in [-0.2, 0) is 0 Å². The molecule has 0 bridgehead atoms. The number of ether oxygens (including phenoxy) is 1. The molecule has 3 nitrogen and oxygen atoms in total. The Kier molecular flexibility index (Phi) is 4.45. The van der Waals surface area contributed by atoms with E-state index in [1.54, 1.807) is 18.4 Å². The summed E-state index contributed by atoms with van der Waals surface area (Å²) in [4.78, 5) is 5.83. The second-order valence-electron chi connectivity index (χ2n) is 4.30. The summed E-state index contributed by atoms with van der Waals surface area (Å²) in [6.45, 7) is 4.13. The average Bonchev–Trinajstić information content (AvgIpc) is 2.79. The van der Waals surface area contributed by atoms with Gasteiger partial charge < -0.3 is 10.1 Å². The molecule has 0 saturated heterocycles. The summed E-state index contributed by atoms with van der Waals surface area (Å²) in [6.07, 6.45) is 0. The highest BCUT2D eigenvalue weighted by Crippen LogP contribution is 2.38. The van der Waals surface area contributed by atoms with E-state index < -0.39 is 0 Å². The van der Waals surface area contributed by atoms with Gasteiger partial charge in [-0.2, -0.15) is 0 Å². The molecule has 1 atom stereocenters. The zero-order valence-electron chi connectivity index (χ0n) is 11.5. The molecule has 0 aliphatic heterocycles. The fourth-order valence-electron chi connectivity index (χ4n) is 1.93. The van der Waals surface area contributed by atoms with Gasteiger partial charge in [0.2, 0.25) is 0 Å². The minimum atomic E-state index is 0.241. The van der Waals surface area contributed by atoms with Crippen LogP contribution in [0.25, 0.3) is 11.3 Å². The van der Waals surface area contributed by atoms with Gasteiger partial charge in [-0.1, -0.05) is 11.6 Å². The third-order valence-electron chi connectivity index (χ3n) is 3.00. The first kappa shape index (κ1) is 14.3. The summed E-state index contributed by atoms with van der Waals surface area (Å²) in [5, 5.41) is 4.97. The second-order valence-corrected chi connectivity index (χ2v) is 5.97. The van der Waals surface area contributed by atoms with E-state index in [1.165, 1.54) is 4.88 Å². The van der Waals surface area contributed by atoms with Gasteiger partial charge in [0.15, 0.2) is 0 Å². The number of thiazole rings is 1. The van der Waals surface area contributed by atoms with Crippen molar-refractivity contribution in [2.24, 2.45) is 0 Å². The molecule has 1 N–H and O–H groups in total. The molecule has 1 aromatic heterocycles. The molecule has 0 amide bonds. The highest BCUT2D eigenvalue weighted by Gasteiger charge is 2.19. The van der Waals surface area contributed by atoms with Crippen molar-refractivity contribution in [2.75, 3.05) is 14.2 Å². The number of aryl methyl sites for hydroxylation is 1. The summed E-state index contributed by atoms with van der Waals surface area (Å²) in [5.41, 5.74) is 1.89. The van der Waals surface area contributed by atoms with Crippen molar-refractivity contribution in [3.8, 4) is 17.0 Å². The first-order valence-electron chi connectivity index (χ1n) is 6.05. The maximum absolute atomic E-state index is 6.10. The topological polar surface area (TPSA) is 34.2 Å². The van der Waals surface area contributed by atoms with Crippen molar-refractivity contribution >= 4 is 22.9 Å². The van der Waals surface area contributed by atoms with Gasteiger partial charge in [0.05, 0.1) is 17.8 Å². The first-order chi connectivity index (χ1) is 9.06. The van der Waals surface area contributed by atoms with Crippen molar-refractivity contribution in [2.45, 2.75) is 19.9 Å². The first-order valence-corrected chi connectivity index (χ1v) is 7.24. The zero-order valence-corrected chi connectivity index (χ0v) is 13.0. The summed E-state index contributed by atoms with van der Waals surface area (Å²) >= 11 is 7.80. The Labute approximate surface area is 122 Å². The van der Waals surface area contributed by atoms with E-state index in [0.717, 1.165) is 22.0 Å². The van der Waals surface area contributed by atoms with Gasteiger partial charge in [-0.05, 0) is 39.1 Å². The van der Waals surface area contributed by atoms with Crippen LogP contribution in [0.2, 0.25) is 5.02 Å². The summed E-state index contributed by atoms with van der Waals surface area (Å²) < 4.78 is 5.42. The van der Waals surface area contributed by atoms with Gasteiger partial charge >= 0.3 is 0 Å². The second kappa shape index (κ2) is 5.90. The number of methoxy groups -OCH3 is 1. The highest BCUT2D eigenvalue weighted by atomic mass is 35.5. The lowest BCUT2D eigenvalue weighted by Crippen LogP contribution is -2.11. The van der Waals surface area contributed by atoms with Gasteiger partial charge in [-0.3, -0.25) is 0 Å². The van der Waals surface area contributed by atoms with Crippen LogP contribution in [0, 0.1) is 6.92 Å². The number of aromatic nitrogens is 1. The number of halogens is 1. The van der Waals surface area contributed by atoms with E-state index >= 15 is 0 Å². The van der Waals surface area contributed by atoms with Crippen molar-refractivity contribution < 1.29 is 4.74 Å². The zero-order chi connectivity index (χ0) is 14.0. The Morgan fingerprint density at radius 1 is 1.42 bits per heavy atom. The molecule has 1 heterocycles. The number of hydrogen-bond donors (Lipinski definition) is 1. The molecule has 0 fully saturated rings. The largest absolute Gasteiger partial charge is 0.496 e. The van der Waals surface area contributed by atoms with Crippen LogP contribution in [0.3, 0.4) is 0 Å². The highest BCUT2D eigenvalue weighted by molar-refractivity contribution is 7.12. The van der Waals surface area contributed by atoms with Gasteiger partial charge in [0, 0.05) is 21.5 Å². The molecule has 5 heteroatoms. The Hall–Kier alpha value is -1.10. The van der Waals surface area contributed by atoms with E-state index in [0.29, 0.717) is 5.02 Å². The summed E-state index contributed by atoms with van der Waals surface area (Å²) in [6, 6.07) is 5.84. The van der Waals surface area contributed by atoms with Crippen molar-refractivity contribution in [3.05, 3.63) is 33.1 Å². The number of nitrogens with one attached hydrogen (secondary N) is 1. The van der Waals surface area contributed by atoms with Crippen molar-refractivity contribution in [1.29, 1.82) is 0 Å². The van der Waals surface area contributed by atoms with Crippen molar-refractivity contribution in [1.82, 2.24) is 10.3 Å². The van der Waals surface area contributed by atoms with Gasteiger partial charge in [-0.15, -0.1) is 11.3 Å². The fraction of sp³-hybridized carbons (Fsp3) is 0.357. The number of hydrogen-bond acceptors (Lipinski definition) is 4. The standard InChI is InChI=1S/C14H17ClN2OS/c1-8(16-3)14-13(17-9(2)19-14)11-7-10(15)5-6-12(11)18-4/h5-8,16H,1-4H3. The van der Waals surface area contributed by atoms with Crippen LogP contribution in [0.15, 0.2) is 18.2 Å². The molecule has 2 aromatic rings. The summed E-state index contributed by atoms with van der Waals surface area (Å²) in [5.74, 6) is 0.791. The third kappa shape index (κ3) is 2.91. The molecule has 2 rings (SSSR count). The van der Waals surface area contributed by atoms with Gasteiger partial charge in [-0.25, -0.2) is 4.98 Å². The molecule has 19 heavy (non-hydrogen) atoms. The van der Waals surface area contributed by atoms with E-state index in [2.05, 4.69) is 17.2 Å². The molecule has 1 aromatic carbocycles. The van der Waals surface area contributed by atoms with Gasteiger partial charge in [0.25, 0.3) is 0 Å². The van der Waals surface area contributed by atoms with Crippen LogP contribution in [0.1, 0.15) is 22.9 Å². The van der Waals surface area contributed by atoms with Crippen molar-refractivity contribution in [3.63, 3.8) is 0 Å². The Balaban J connectivity index is 2.61. The van der Waals surface area contributed by atoms with Crippen LogP contribution < -0.4 is 10.1 Å². The molecule has 102 valence electrons. The maximum atomic E-state index is 6.10. The molecule has 0 aliphatic carbocycles. The van der Waals surface area contributed by atoms with Gasteiger partial charge in [0.1, 0.15) is 5.75 Å². The van der Waals surface area contributed by atoms with Crippen LogP contribution in [-0.4, -0.2) is 19.1 Å². The SMILES string of the molecule is CNC(C)c1sc(C)nc1-c1cc(Cl)ccc1OC. The maximum Gasteiger partial charge on any atom is 0.128 e. The smallest absolute Gasteiger partial charge is 0.128 e. The van der Waals surface area contributed by atoms with E-state index in [9.17, 15) is 0 Å². The molecule has 0 aliphatic rings. The molecule has 0 spiro atoms. The van der Waals surface area contributed by atoms with Crippen LogP contribution >= 0.6 is 22.9 Å². The quantitative estimate of drug-likeness (QED) is 0.924.